The molecule has 0 aliphatic heterocycles. The summed E-state index contributed by atoms with van der Waals surface area (Å²) in [5, 5.41) is 8.24. The molecule has 0 radical (unpaired) electrons. The van der Waals surface area contributed by atoms with Crippen LogP contribution in [0.15, 0.2) is 176 Å². The fourth-order valence-corrected chi connectivity index (χ4v) is 12.6. The van der Waals surface area contributed by atoms with Gasteiger partial charge in [0.15, 0.2) is 8.07 Å². The Kier molecular flexibility index (Phi) is 5.97. The third-order valence-electron chi connectivity index (χ3n) is 9.75. The Morgan fingerprint density at radius 2 is 0.911 bits per heavy atom. The Morgan fingerprint density at radius 3 is 1.53 bits per heavy atom. The van der Waals surface area contributed by atoms with Crippen molar-refractivity contribution in [1.82, 2.24) is 4.57 Å². The van der Waals surface area contributed by atoms with E-state index in [0.29, 0.717) is 0 Å². The molecule has 0 spiro atoms. The number of para-hydroxylation sites is 2. The SMILES string of the molecule is c1ccc(-n2c3ccccc3c3cc4c(cc32)Cc2ccc([Si](c3ccccc3)(c3ccccc3)c3ccccc3)cc2-4)cc1. The van der Waals surface area contributed by atoms with Gasteiger partial charge in [0, 0.05) is 16.5 Å². The zero-order chi connectivity index (χ0) is 29.8. The number of nitrogens with zero attached hydrogens (tertiary/aromatic N) is 1. The molecule has 8 aromatic rings. The molecular formula is C43H31NSi. The lowest BCUT2D eigenvalue weighted by atomic mass is 10.0. The van der Waals surface area contributed by atoms with Gasteiger partial charge in [-0.1, -0.05) is 146 Å². The molecule has 0 N–H and O–H groups in total. The second-order valence-electron chi connectivity index (χ2n) is 12.1. The summed E-state index contributed by atoms with van der Waals surface area (Å²) in [5.41, 5.74) is 9.28. The number of hydrogen-bond acceptors (Lipinski definition) is 0. The van der Waals surface area contributed by atoms with Crippen molar-refractivity contribution in [3.05, 3.63) is 187 Å². The maximum absolute atomic E-state index is 2.61. The van der Waals surface area contributed by atoms with E-state index in [9.17, 15) is 0 Å². The average molecular weight is 590 g/mol. The normalized spacial score (nSPS) is 12.4. The molecule has 0 amide bonds. The lowest BCUT2D eigenvalue weighted by Crippen LogP contribution is -2.74. The zero-order valence-corrected chi connectivity index (χ0v) is 25.9. The fraction of sp³-hybridized carbons (Fsp3) is 0.0233. The van der Waals surface area contributed by atoms with Gasteiger partial charge in [-0.05, 0) is 79.8 Å². The highest BCUT2D eigenvalue weighted by atomic mass is 28.3. The summed E-state index contributed by atoms with van der Waals surface area (Å²) in [6.07, 6.45) is 0.952. The maximum Gasteiger partial charge on any atom is 0.179 e. The Morgan fingerprint density at radius 1 is 0.378 bits per heavy atom. The molecule has 0 fully saturated rings. The van der Waals surface area contributed by atoms with E-state index in [1.165, 1.54) is 70.5 Å². The van der Waals surface area contributed by atoms with E-state index in [-0.39, 0.29) is 0 Å². The van der Waals surface area contributed by atoms with Gasteiger partial charge < -0.3 is 4.57 Å². The molecule has 1 aromatic heterocycles. The summed E-state index contributed by atoms with van der Waals surface area (Å²) < 4.78 is 2.43. The molecule has 9 rings (SSSR count). The Hall–Kier alpha value is -5.44. The maximum atomic E-state index is 2.54. The van der Waals surface area contributed by atoms with Crippen molar-refractivity contribution in [3.63, 3.8) is 0 Å². The molecule has 1 heterocycles. The molecule has 1 aliphatic carbocycles. The van der Waals surface area contributed by atoms with Crippen LogP contribution < -0.4 is 20.7 Å². The molecule has 1 aliphatic rings. The molecule has 0 saturated carbocycles. The molecule has 45 heavy (non-hydrogen) atoms. The lowest BCUT2D eigenvalue weighted by molar-refractivity contribution is 1.17. The highest BCUT2D eigenvalue weighted by Gasteiger charge is 2.42. The smallest absolute Gasteiger partial charge is 0.179 e. The van der Waals surface area contributed by atoms with Crippen LogP contribution in [0.4, 0.5) is 0 Å². The van der Waals surface area contributed by atoms with Crippen molar-refractivity contribution in [3.8, 4) is 16.8 Å². The van der Waals surface area contributed by atoms with Crippen LogP contribution in [-0.2, 0) is 6.42 Å². The van der Waals surface area contributed by atoms with E-state index in [4.69, 9.17) is 0 Å². The summed E-state index contributed by atoms with van der Waals surface area (Å²) >= 11 is 0. The van der Waals surface area contributed by atoms with E-state index in [2.05, 4.69) is 180 Å². The third-order valence-corrected chi connectivity index (χ3v) is 14.5. The van der Waals surface area contributed by atoms with Gasteiger partial charge in [-0.15, -0.1) is 0 Å². The molecular weight excluding hydrogens is 559 g/mol. The zero-order valence-electron chi connectivity index (χ0n) is 24.9. The quantitative estimate of drug-likeness (QED) is 0.143. The molecule has 0 saturated heterocycles. The Balaban J connectivity index is 1.31. The van der Waals surface area contributed by atoms with Gasteiger partial charge >= 0.3 is 0 Å². The summed E-state index contributed by atoms with van der Waals surface area (Å²) in [7, 11) is -2.61. The molecule has 0 bridgehead atoms. The standard InChI is InChI=1S/C43H31NSi/c1-5-15-33(16-6-1)44-42-24-14-13-23-38(42)41-30-40-32(28-43(41)44)27-31-25-26-37(29-39(31)40)45(34-17-7-2-8-18-34,35-19-9-3-10-20-35)36-21-11-4-12-22-36/h1-26,28-30H,27H2. The number of aromatic nitrogens is 1. The third kappa shape index (κ3) is 3.93. The predicted molar refractivity (Wildman–Crippen MR) is 193 cm³/mol. The molecule has 2 heteroatoms. The average Bonchev–Trinajstić information content (AvgIpc) is 3.64. The van der Waals surface area contributed by atoms with Gasteiger partial charge in [0.2, 0.25) is 0 Å². The van der Waals surface area contributed by atoms with E-state index in [0.717, 1.165) is 6.42 Å². The topological polar surface area (TPSA) is 4.93 Å². The highest BCUT2D eigenvalue weighted by molar-refractivity contribution is 7.19. The van der Waals surface area contributed by atoms with E-state index >= 15 is 0 Å². The van der Waals surface area contributed by atoms with Gasteiger partial charge in [-0.3, -0.25) is 0 Å². The molecule has 1 nitrogen and oxygen atoms in total. The number of fused-ring (bicyclic) bond motifs is 6. The predicted octanol–water partition coefficient (Wildman–Crippen LogP) is 7.73. The molecule has 0 unspecified atom stereocenters. The minimum absolute atomic E-state index is 0.952. The van der Waals surface area contributed by atoms with Crippen LogP contribution in [0.2, 0.25) is 0 Å². The number of rotatable bonds is 5. The fourth-order valence-electron chi connectivity index (χ4n) is 7.79. The molecule has 0 atom stereocenters. The van der Waals surface area contributed by atoms with Crippen LogP contribution >= 0.6 is 0 Å². The van der Waals surface area contributed by atoms with Gasteiger partial charge in [0.25, 0.3) is 0 Å². The largest absolute Gasteiger partial charge is 0.309 e. The van der Waals surface area contributed by atoms with Crippen LogP contribution in [0.1, 0.15) is 11.1 Å². The summed E-state index contributed by atoms with van der Waals surface area (Å²) in [6.45, 7) is 0. The van der Waals surface area contributed by atoms with Crippen LogP contribution in [0.25, 0.3) is 38.6 Å². The van der Waals surface area contributed by atoms with Gasteiger partial charge in [0.05, 0.1) is 11.0 Å². The van der Waals surface area contributed by atoms with Crippen molar-refractivity contribution in [2.75, 3.05) is 0 Å². The van der Waals surface area contributed by atoms with Crippen molar-refractivity contribution in [2.24, 2.45) is 0 Å². The second kappa shape index (κ2) is 10.3. The monoisotopic (exact) mass is 589 g/mol. The second-order valence-corrected chi connectivity index (χ2v) is 15.9. The molecule has 7 aromatic carbocycles. The molecule has 212 valence electrons. The first-order chi connectivity index (χ1) is 22.3. The van der Waals surface area contributed by atoms with Crippen molar-refractivity contribution in [2.45, 2.75) is 6.42 Å². The first-order valence-electron chi connectivity index (χ1n) is 15.7. The Bertz CT molecular complexity index is 2230. The van der Waals surface area contributed by atoms with E-state index in [1.807, 2.05) is 0 Å². The van der Waals surface area contributed by atoms with Gasteiger partial charge in [-0.25, -0.2) is 0 Å². The highest BCUT2D eigenvalue weighted by Crippen LogP contribution is 2.42. The first kappa shape index (κ1) is 26.0. The van der Waals surface area contributed by atoms with Crippen LogP contribution in [0.5, 0.6) is 0 Å². The Labute approximate surface area is 264 Å². The number of hydrogen-bond donors (Lipinski definition) is 0. The summed E-state index contributed by atoms with van der Waals surface area (Å²) in [5.74, 6) is 0. The van der Waals surface area contributed by atoms with Crippen molar-refractivity contribution < 1.29 is 0 Å². The van der Waals surface area contributed by atoms with Gasteiger partial charge in [0.1, 0.15) is 0 Å². The van der Waals surface area contributed by atoms with Gasteiger partial charge in [-0.2, -0.15) is 0 Å². The van der Waals surface area contributed by atoms with E-state index < -0.39 is 8.07 Å². The van der Waals surface area contributed by atoms with Crippen LogP contribution in [0.3, 0.4) is 0 Å². The van der Waals surface area contributed by atoms with Crippen molar-refractivity contribution >= 4 is 50.6 Å². The minimum Gasteiger partial charge on any atom is -0.309 e. The lowest BCUT2D eigenvalue weighted by Gasteiger charge is -2.34. The summed E-state index contributed by atoms with van der Waals surface area (Å²) in [6, 6.07) is 65.6. The van der Waals surface area contributed by atoms with Crippen LogP contribution in [-0.4, -0.2) is 12.6 Å². The van der Waals surface area contributed by atoms with E-state index in [1.54, 1.807) is 0 Å². The van der Waals surface area contributed by atoms with Crippen molar-refractivity contribution in [1.29, 1.82) is 0 Å². The number of benzene rings is 7. The van der Waals surface area contributed by atoms with Crippen LogP contribution in [0, 0.1) is 0 Å². The summed E-state index contributed by atoms with van der Waals surface area (Å²) in [4.78, 5) is 0. The first-order valence-corrected chi connectivity index (χ1v) is 17.7. The minimum atomic E-state index is -2.61.